The fourth-order valence-electron chi connectivity index (χ4n) is 1.27. The van der Waals surface area contributed by atoms with Crippen LogP contribution in [0.3, 0.4) is 0 Å². The lowest BCUT2D eigenvalue weighted by atomic mass is 10.2. The molecule has 0 heterocycles. The second kappa shape index (κ2) is 5.81. The number of benzene rings is 1. The summed E-state index contributed by atoms with van der Waals surface area (Å²) in [7, 11) is -2.94. The van der Waals surface area contributed by atoms with Gasteiger partial charge in [-0.25, -0.2) is 0 Å². The van der Waals surface area contributed by atoms with Crippen molar-refractivity contribution in [1.29, 1.82) is 0 Å². The van der Waals surface area contributed by atoms with Gasteiger partial charge in [-0.2, -0.15) is 8.42 Å². The Morgan fingerprint density at radius 1 is 1.47 bits per heavy atom. The Hall–Kier alpha value is -1.37. The topological polar surface area (TPSA) is 72.8 Å². The van der Waals surface area contributed by atoms with E-state index >= 15 is 0 Å². The van der Waals surface area contributed by atoms with E-state index in [1.54, 1.807) is 12.1 Å². The Labute approximate surface area is 100 Å². The molecule has 0 amide bonds. The van der Waals surface area contributed by atoms with Crippen LogP contribution in [0.4, 0.5) is 0 Å². The molecule has 0 bridgehead atoms. The zero-order valence-corrected chi connectivity index (χ0v) is 10.2. The zero-order chi connectivity index (χ0) is 12.9. The number of hydrogen-bond donors (Lipinski definition) is 1. The van der Waals surface area contributed by atoms with Crippen LogP contribution in [0.2, 0.25) is 0 Å². The molecular weight excluding hydrogens is 244 g/mol. The summed E-state index contributed by atoms with van der Waals surface area (Å²) in [5.41, 5.74) is 0.746. The third kappa shape index (κ3) is 3.85. The SMILES string of the molecule is C=CCOCc1ccc(S(=O)(=O)O)c(OC)c1. The lowest BCUT2D eigenvalue weighted by Gasteiger charge is -2.08. The van der Waals surface area contributed by atoms with Crippen molar-refractivity contribution in [2.75, 3.05) is 13.7 Å². The van der Waals surface area contributed by atoms with Gasteiger partial charge in [-0.05, 0) is 17.7 Å². The van der Waals surface area contributed by atoms with Gasteiger partial charge in [0.1, 0.15) is 10.6 Å². The molecule has 6 heteroatoms. The highest BCUT2D eigenvalue weighted by Gasteiger charge is 2.16. The molecule has 0 spiro atoms. The maximum Gasteiger partial charge on any atom is 0.298 e. The fraction of sp³-hybridized carbons (Fsp3) is 0.273. The maximum atomic E-state index is 11.0. The molecule has 0 aliphatic rings. The van der Waals surface area contributed by atoms with Crippen molar-refractivity contribution in [3.05, 3.63) is 36.4 Å². The number of rotatable bonds is 6. The second-order valence-electron chi connectivity index (χ2n) is 3.26. The molecule has 0 aliphatic heterocycles. The molecule has 0 saturated heterocycles. The van der Waals surface area contributed by atoms with Crippen molar-refractivity contribution >= 4 is 10.1 Å². The van der Waals surface area contributed by atoms with E-state index in [0.29, 0.717) is 13.2 Å². The van der Waals surface area contributed by atoms with Crippen LogP contribution in [0.5, 0.6) is 5.75 Å². The standard InChI is InChI=1S/C11H14O5S/c1-3-6-16-8-9-4-5-11(17(12,13)14)10(7-9)15-2/h3-5,7H,1,6,8H2,2H3,(H,12,13,14). The Bertz CT molecular complexity index is 493. The molecule has 5 nitrogen and oxygen atoms in total. The van der Waals surface area contributed by atoms with Gasteiger partial charge in [0.15, 0.2) is 0 Å². The van der Waals surface area contributed by atoms with Crippen molar-refractivity contribution in [2.24, 2.45) is 0 Å². The van der Waals surface area contributed by atoms with Crippen LogP contribution in [0.1, 0.15) is 5.56 Å². The van der Waals surface area contributed by atoms with E-state index < -0.39 is 10.1 Å². The molecule has 0 saturated carbocycles. The molecule has 94 valence electrons. The van der Waals surface area contributed by atoms with E-state index in [4.69, 9.17) is 14.0 Å². The molecule has 0 aromatic heterocycles. The molecular formula is C11H14O5S. The summed E-state index contributed by atoms with van der Waals surface area (Å²) in [5, 5.41) is 0. The summed E-state index contributed by atoms with van der Waals surface area (Å²) >= 11 is 0. The van der Waals surface area contributed by atoms with E-state index in [2.05, 4.69) is 6.58 Å². The van der Waals surface area contributed by atoms with E-state index in [-0.39, 0.29) is 10.6 Å². The highest BCUT2D eigenvalue weighted by molar-refractivity contribution is 7.86. The van der Waals surface area contributed by atoms with Crippen LogP contribution in [-0.4, -0.2) is 26.7 Å². The average molecular weight is 258 g/mol. The lowest BCUT2D eigenvalue weighted by molar-refractivity contribution is 0.148. The molecule has 0 fully saturated rings. The van der Waals surface area contributed by atoms with Gasteiger partial charge in [-0.1, -0.05) is 12.1 Å². The van der Waals surface area contributed by atoms with E-state index in [1.165, 1.54) is 19.2 Å². The quantitative estimate of drug-likeness (QED) is 0.477. The summed E-state index contributed by atoms with van der Waals surface area (Å²) < 4.78 is 41.1. The molecule has 0 radical (unpaired) electrons. The molecule has 0 atom stereocenters. The summed E-state index contributed by atoms with van der Waals surface area (Å²) in [6, 6.07) is 4.33. The summed E-state index contributed by atoms with van der Waals surface area (Å²) in [5.74, 6) is 0.0900. The number of hydrogen-bond acceptors (Lipinski definition) is 4. The highest BCUT2D eigenvalue weighted by Crippen LogP contribution is 2.24. The van der Waals surface area contributed by atoms with Gasteiger partial charge in [-0.3, -0.25) is 4.55 Å². The van der Waals surface area contributed by atoms with Crippen molar-refractivity contribution < 1.29 is 22.4 Å². The largest absolute Gasteiger partial charge is 0.495 e. The van der Waals surface area contributed by atoms with Crippen molar-refractivity contribution in [1.82, 2.24) is 0 Å². The lowest BCUT2D eigenvalue weighted by Crippen LogP contribution is -2.02. The molecule has 17 heavy (non-hydrogen) atoms. The minimum atomic E-state index is -4.27. The normalized spacial score (nSPS) is 11.2. The maximum absolute atomic E-state index is 11.0. The first-order chi connectivity index (χ1) is 7.99. The van der Waals surface area contributed by atoms with Gasteiger partial charge >= 0.3 is 0 Å². The third-order valence-corrected chi connectivity index (χ3v) is 2.90. The Balaban J connectivity index is 2.97. The van der Waals surface area contributed by atoms with Crippen LogP contribution in [0, 0.1) is 0 Å². The molecule has 1 aromatic carbocycles. The molecule has 1 rings (SSSR count). The summed E-state index contributed by atoms with van der Waals surface area (Å²) in [6.45, 7) is 4.23. The predicted molar refractivity (Wildman–Crippen MR) is 62.7 cm³/mol. The predicted octanol–water partition coefficient (Wildman–Crippen LogP) is 1.64. The van der Waals surface area contributed by atoms with Crippen LogP contribution in [0.25, 0.3) is 0 Å². The minimum absolute atomic E-state index is 0.0900. The Morgan fingerprint density at radius 3 is 2.71 bits per heavy atom. The monoisotopic (exact) mass is 258 g/mol. The van der Waals surface area contributed by atoms with Crippen LogP contribution < -0.4 is 4.74 Å². The van der Waals surface area contributed by atoms with E-state index in [9.17, 15) is 8.42 Å². The molecule has 1 N–H and O–H groups in total. The highest BCUT2D eigenvalue weighted by atomic mass is 32.2. The smallest absolute Gasteiger partial charge is 0.298 e. The fourth-order valence-corrected chi connectivity index (χ4v) is 1.91. The molecule has 0 aliphatic carbocycles. The summed E-state index contributed by atoms with van der Waals surface area (Å²) in [6.07, 6.45) is 1.61. The number of methoxy groups -OCH3 is 1. The van der Waals surface area contributed by atoms with Crippen molar-refractivity contribution in [3.63, 3.8) is 0 Å². The first kappa shape index (κ1) is 13.7. The van der Waals surface area contributed by atoms with Crippen LogP contribution >= 0.6 is 0 Å². The van der Waals surface area contributed by atoms with Gasteiger partial charge in [0.25, 0.3) is 10.1 Å². The van der Waals surface area contributed by atoms with Gasteiger partial charge in [-0.15, -0.1) is 6.58 Å². The van der Waals surface area contributed by atoms with Crippen LogP contribution in [-0.2, 0) is 21.5 Å². The van der Waals surface area contributed by atoms with E-state index in [0.717, 1.165) is 5.56 Å². The van der Waals surface area contributed by atoms with Crippen molar-refractivity contribution in [2.45, 2.75) is 11.5 Å². The minimum Gasteiger partial charge on any atom is -0.495 e. The van der Waals surface area contributed by atoms with Crippen LogP contribution in [0.15, 0.2) is 35.7 Å². The van der Waals surface area contributed by atoms with Gasteiger partial charge in [0, 0.05) is 0 Å². The molecule has 0 unspecified atom stereocenters. The first-order valence-corrected chi connectivity index (χ1v) is 6.26. The Morgan fingerprint density at radius 2 is 2.18 bits per heavy atom. The molecule has 1 aromatic rings. The van der Waals surface area contributed by atoms with Gasteiger partial charge in [0.05, 0.1) is 20.3 Å². The zero-order valence-electron chi connectivity index (χ0n) is 9.42. The number of ether oxygens (including phenoxy) is 2. The average Bonchev–Trinajstić information content (AvgIpc) is 2.28. The van der Waals surface area contributed by atoms with Gasteiger partial charge < -0.3 is 9.47 Å². The Kier molecular flexibility index (Phi) is 4.68. The van der Waals surface area contributed by atoms with Gasteiger partial charge in [0.2, 0.25) is 0 Å². The van der Waals surface area contributed by atoms with Crippen molar-refractivity contribution in [3.8, 4) is 5.75 Å². The summed E-state index contributed by atoms with van der Waals surface area (Å²) in [4.78, 5) is -0.257. The third-order valence-electron chi connectivity index (χ3n) is 2.01. The second-order valence-corrected chi connectivity index (χ2v) is 4.65. The first-order valence-electron chi connectivity index (χ1n) is 4.82. The van der Waals surface area contributed by atoms with E-state index in [1.807, 2.05) is 0 Å².